The van der Waals surface area contributed by atoms with E-state index in [-0.39, 0.29) is 30.1 Å². The number of hydrogen-bond acceptors (Lipinski definition) is 6. The Morgan fingerprint density at radius 1 is 1.07 bits per heavy atom. The molecule has 1 saturated heterocycles. The Bertz CT molecular complexity index is 1490. The number of benzene rings is 2. The molecule has 10 nitrogen and oxygen atoms in total. The number of nitrogens with two attached hydrogens (primary N) is 1. The molecule has 222 valence electrons. The molecule has 1 aliphatic heterocycles. The van der Waals surface area contributed by atoms with Gasteiger partial charge >= 0.3 is 12.3 Å². The summed E-state index contributed by atoms with van der Waals surface area (Å²) < 4.78 is 52.6. The van der Waals surface area contributed by atoms with Gasteiger partial charge in [-0.1, -0.05) is 18.2 Å². The Morgan fingerprint density at radius 2 is 1.79 bits per heavy atom. The average Bonchev–Trinajstić information content (AvgIpc) is 3.46. The molecule has 0 radical (unpaired) electrons. The van der Waals surface area contributed by atoms with E-state index in [1.807, 2.05) is 0 Å². The first kappa shape index (κ1) is 30.3. The number of piperidine rings is 1. The van der Waals surface area contributed by atoms with Crippen molar-refractivity contribution in [2.45, 2.75) is 51.3 Å². The zero-order valence-electron chi connectivity index (χ0n) is 23.2. The molecule has 13 heteroatoms. The number of amides is 3. The lowest BCUT2D eigenvalue weighted by Gasteiger charge is -2.33. The normalized spacial score (nSPS) is 14.9. The molecule has 0 spiro atoms. The van der Waals surface area contributed by atoms with Crippen LogP contribution in [0.5, 0.6) is 0 Å². The van der Waals surface area contributed by atoms with Gasteiger partial charge in [0.2, 0.25) is 5.96 Å². The molecule has 2 heterocycles. The third-order valence-corrected chi connectivity index (χ3v) is 6.52. The highest BCUT2D eigenvalue weighted by Gasteiger charge is 2.37. The number of nitrogens with one attached hydrogen (secondary N) is 1. The van der Waals surface area contributed by atoms with E-state index in [4.69, 9.17) is 14.9 Å². The van der Waals surface area contributed by atoms with E-state index in [0.717, 1.165) is 6.07 Å². The Hall–Kier alpha value is -4.68. The van der Waals surface area contributed by atoms with Crippen LogP contribution in [0.25, 0.3) is 11.3 Å². The molecular formula is C29H30F3N5O5. The highest BCUT2D eigenvalue weighted by Crippen LogP contribution is 2.39. The number of hydrogen-bond donors (Lipinski definition) is 2. The monoisotopic (exact) mass is 585 g/mol. The number of rotatable bonds is 4. The highest BCUT2D eigenvalue weighted by molar-refractivity contribution is 6.07. The van der Waals surface area contributed by atoms with Crippen molar-refractivity contribution in [1.82, 2.24) is 15.2 Å². The number of halogens is 3. The smallest absolute Gasteiger partial charge is 0.437 e. The maximum Gasteiger partial charge on any atom is 0.437 e. The number of likely N-dealkylation sites (tertiary alicyclic amines) is 1. The van der Waals surface area contributed by atoms with E-state index in [1.165, 1.54) is 24.7 Å². The second-order valence-electron chi connectivity index (χ2n) is 10.7. The van der Waals surface area contributed by atoms with Crippen molar-refractivity contribution >= 4 is 23.9 Å². The molecule has 3 N–H and O–H groups in total. The standard InChI is InChI=1S/C29H30F3N5O5/c1-28(2,3)42-27(40)36-26(33)35-24(38)19-7-8-21(22(14-19)29(30,31)32)17-9-11-37(12-10-17)25(39)20-6-4-5-18(13-20)23-15-34-16-41-23/h4-8,13-17H,9-12H2,1-3H3,(H3,33,35,36,38,40). The summed E-state index contributed by atoms with van der Waals surface area (Å²) in [6, 6.07) is 10.1. The number of ether oxygens (including phenoxy) is 1. The van der Waals surface area contributed by atoms with Gasteiger partial charge in [0.25, 0.3) is 11.8 Å². The zero-order valence-corrected chi connectivity index (χ0v) is 23.2. The van der Waals surface area contributed by atoms with Gasteiger partial charge in [0.05, 0.1) is 11.8 Å². The Balaban J connectivity index is 1.45. The first-order chi connectivity index (χ1) is 19.7. The van der Waals surface area contributed by atoms with Crippen LogP contribution in [0.2, 0.25) is 0 Å². The molecule has 3 aromatic rings. The lowest BCUT2D eigenvalue weighted by Crippen LogP contribution is -2.38. The summed E-state index contributed by atoms with van der Waals surface area (Å²) in [6.45, 7) is 5.34. The molecule has 4 rings (SSSR count). The van der Waals surface area contributed by atoms with Crippen LogP contribution in [-0.4, -0.2) is 52.4 Å². The van der Waals surface area contributed by atoms with Crippen molar-refractivity contribution in [1.29, 1.82) is 0 Å². The first-order valence-electron chi connectivity index (χ1n) is 13.1. The predicted molar refractivity (Wildman–Crippen MR) is 147 cm³/mol. The first-order valence-corrected chi connectivity index (χ1v) is 13.1. The van der Waals surface area contributed by atoms with Gasteiger partial charge in [0.15, 0.2) is 12.2 Å². The summed E-state index contributed by atoms with van der Waals surface area (Å²) in [4.78, 5) is 46.4. The molecule has 1 fully saturated rings. The van der Waals surface area contributed by atoms with E-state index < -0.39 is 41.2 Å². The number of aliphatic imine (C=N–C) groups is 1. The number of nitrogens with zero attached hydrogens (tertiary/aromatic N) is 3. The minimum atomic E-state index is -4.74. The molecule has 42 heavy (non-hydrogen) atoms. The summed E-state index contributed by atoms with van der Waals surface area (Å²) in [7, 11) is 0. The van der Waals surface area contributed by atoms with Crippen LogP contribution in [-0.2, 0) is 10.9 Å². The van der Waals surface area contributed by atoms with Gasteiger partial charge in [-0.2, -0.15) is 13.2 Å². The fraction of sp³-hybridized carbons (Fsp3) is 0.345. The van der Waals surface area contributed by atoms with Crippen LogP contribution < -0.4 is 11.1 Å². The quantitative estimate of drug-likeness (QED) is 0.310. The summed E-state index contributed by atoms with van der Waals surface area (Å²) in [5.41, 5.74) is 4.60. The van der Waals surface area contributed by atoms with Crippen LogP contribution in [0.3, 0.4) is 0 Å². The third-order valence-electron chi connectivity index (χ3n) is 6.52. The summed E-state index contributed by atoms with van der Waals surface area (Å²) in [5, 5.41) is 2.10. The maximum atomic E-state index is 14.1. The largest absolute Gasteiger partial charge is 0.444 e. The van der Waals surface area contributed by atoms with Gasteiger partial charge in [0, 0.05) is 29.8 Å². The number of aromatic nitrogens is 1. The highest BCUT2D eigenvalue weighted by atomic mass is 19.4. The fourth-order valence-electron chi connectivity index (χ4n) is 4.64. The van der Waals surface area contributed by atoms with Crippen molar-refractivity contribution in [3.63, 3.8) is 0 Å². The molecule has 0 saturated carbocycles. The van der Waals surface area contributed by atoms with Gasteiger partial charge in [-0.3, -0.25) is 14.9 Å². The Kier molecular flexibility index (Phi) is 8.69. The average molecular weight is 586 g/mol. The topological polar surface area (TPSA) is 140 Å². The number of oxazole rings is 1. The van der Waals surface area contributed by atoms with Crippen LogP contribution in [0.1, 0.15) is 71.4 Å². The number of carbonyl (C=O) groups is 3. The van der Waals surface area contributed by atoms with Crippen LogP contribution in [0.4, 0.5) is 18.0 Å². The molecule has 1 aliphatic rings. The number of alkyl halides is 3. The molecule has 0 atom stereocenters. The van der Waals surface area contributed by atoms with Crippen LogP contribution >= 0.6 is 0 Å². The minimum Gasteiger partial charge on any atom is -0.444 e. The minimum absolute atomic E-state index is 0.0360. The van der Waals surface area contributed by atoms with Gasteiger partial charge in [-0.15, -0.1) is 4.99 Å². The van der Waals surface area contributed by atoms with Crippen LogP contribution in [0, 0.1) is 0 Å². The van der Waals surface area contributed by atoms with Gasteiger partial charge in [-0.25, -0.2) is 9.78 Å². The van der Waals surface area contributed by atoms with Crippen molar-refractivity contribution in [2.24, 2.45) is 10.7 Å². The molecule has 0 aliphatic carbocycles. The van der Waals surface area contributed by atoms with E-state index in [1.54, 1.807) is 49.9 Å². The molecule has 1 aromatic heterocycles. The van der Waals surface area contributed by atoms with E-state index >= 15 is 0 Å². The molecular weight excluding hydrogens is 555 g/mol. The summed E-state index contributed by atoms with van der Waals surface area (Å²) in [5.74, 6) is -1.79. The lowest BCUT2D eigenvalue weighted by atomic mass is 9.85. The van der Waals surface area contributed by atoms with Crippen molar-refractivity contribution in [3.05, 3.63) is 77.3 Å². The van der Waals surface area contributed by atoms with Crippen molar-refractivity contribution in [3.8, 4) is 11.3 Å². The molecule has 2 aromatic carbocycles. The molecule has 0 bridgehead atoms. The Morgan fingerprint density at radius 3 is 2.40 bits per heavy atom. The van der Waals surface area contributed by atoms with Gasteiger partial charge in [0.1, 0.15) is 5.60 Å². The summed E-state index contributed by atoms with van der Waals surface area (Å²) >= 11 is 0. The predicted octanol–water partition coefficient (Wildman–Crippen LogP) is 5.36. The van der Waals surface area contributed by atoms with E-state index in [9.17, 15) is 27.6 Å². The second-order valence-corrected chi connectivity index (χ2v) is 10.7. The lowest BCUT2D eigenvalue weighted by molar-refractivity contribution is -0.138. The molecule has 0 unspecified atom stereocenters. The number of guanidine groups is 1. The fourth-order valence-corrected chi connectivity index (χ4v) is 4.64. The molecule has 3 amide bonds. The second kappa shape index (κ2) is 12.0. The van der Waals surface area contributed by atoms with Crippen LogP contribution in [0.15, 0.2) is 64.5 Å². The van der Waals surface area contributed by atoms with Gasteiger partial charge in [-0.05, 0) is 69.4 Å². The Labute approximate surface area is 239 Å². The SMILES string of the molecule is CC(C)(C)OC(=O)/N=C(/N)NC(=O)c1ccc(C2CCN(C(=O)c3cccc(-c4cnco4)c3)CC2)c(C(F)(F)F)c1. The zero-order chi connectivity index (χ0) is 30.7. The van der Waals surface area contributed by atoms with E-state index in [2.05, 4.69) is 15.3 Å². The van der Waals surface area contributed by atoms with Gasteiger partial charge < -0.3 is 19.8 Å². The summed E-state index contributed by atoms with van der Waals surface area (Å²) in [6.07, 6.45) is -2.36. The number of carbonyl (C=O) groups excluding carboxylic acids is 3. The van der Waals surface area contributed by atoms with Crippen molar-refractivity contribution in [2.75, 3.05) is 13.1 Å². The van der Waals surface area contributed by atoms with E-state index in [0.29, 0.717) is 29.7 Å². The maximum absolute atomic E-state index is 14.1. The van der Waals surface area contributed by atoms with Crippen molar-refractivity contribution < 1.29 is 36.7 Å². The third kappa shape index (κ3) is 7.53.